The summed E-state index contributed by atoms with van der Waals surface area (Å²) < 4.78 is 11.9. The van der Waals surface area contributed by atoms with E-state index in [-0.39, 0.29) is 12.4 Å². The Labute approximate surface area is 162 Å². The van der Waals surface area contributed by atoms with Gasteiger partial charge in [0.25, 0.3) is 5.91 Å². The number of amides is 1. The van der Waals surface area contributed by atoms with Gasteiger partial charge >= 0.3 is 0 Å². The number of ether oxygens (including phenoxy) is 1. The average molecular weight is 442 g/mol. The van der Waals surface area contributed by atoms with E-state index in [1.165, 1.54) is 0 Å². The molecule has 3 aromatic rings. The number of nitrogens with zero attached hydrogens (tertiary/aromatic N) is 1. The largest absolute Gasteiger partial charge is 0.484 e. The topological polar surface area (TPSA) is 64.4 Å². The zero-order valence-corrected chi connectivity index (χ0v) is 15.7. The molecule has 0 saturated heterocycles. The van der Waals surface area contributed by atoms with Crippen molar-refractivity contribution in [3.63, 3.8) is 0 Å². The molecule has 5 nitrogen and oxygen atoms in total. The van der Waals surface area contributed by atoms with Crippen LogP contribution in [0, 0.1) is 0 Å². The fourth-order valence-corrected chi connectivity index (χ4v) is 2.51. The molecular weight excluding hydrogens is 431 g/mol. The molecule has 0 radical (unpaired) electrons. The van der Waals surface area contributed by atoms with E-state index in [9.17, 15) is 4.79 Å². The van der Waals surface area contributed by atoms with Gasteiger partial charge in [0.2, 0.25) is 0 Å². The van der Waals surface area contributed by atoms with Crippen LogP contribution >= 0.6 is 39.1 Å². The molecule has 0 fully saturated rings. The van der Waals surface area contributed by atoms with Crippen molar-refractivity contribution in [1.82, 2.24) is 4.98 Å². The minimum atomic E-state index is -0.401. The van der Waals surface area contributed by atoms with Crippen LogP contribution in [0.4, 0.5) is 5.82 Å². The summed E-state index contributed by atoms with van der Waals surface area (Å²) in [7, 11) is 0. The van der Waals surface area contributed by atoms with E-state index in [0.717, 1.165) is 4.47 Å². The van der Waals surface area contributed by atoms with Crippen LogP contribution in [-0.2, 0) is 6.61 Å². The van der Waals surface area contributed by atoms with Gasteiger partial charge in [0.1, 0.15) is 23.9 Å². The van der Waals surface area contributed by atoms with E-state index < -0.39 is 5.91 Å². The zero-order valence-electron chi connectivity index (χ0n) is 12.6. The van der Waals surface area contributed by atoms with E-state index in [1.807, 2.05) is 0 Å². The van der Waals surface area contributed by atoms with Crippen molar-refractivity contribution in [1.29, 1.82) is 0 Å². The first-order valence-corrected chi connectivity index (χ1v) is 8.65. The molecule has 0 aliphatic carbocycles. The average Bonchev–Trinajstić information content (AvgIpc) is 3.07. The van der Waals surface area contributed by atoms with E-state index in [1.54, 1.807) is 48.7 Å². The molecule has 0 unspecified atom stereocenters. The van der Waals surface area contributed by atoms with Crippen molar-refractivity contribution in [2.24, 2.45) is 0 Å². The summed E-state index contributed by atoms with van der Waals surface area (Å²) in [5, 5.41) is 3.60. The molecule has 1 N–H and O–H groups in total. The SMILES string of the molecule is O=C(Nc1ccc(Br)cn1)c1ccc(COc2cc(Cl)ccc2Cl)o1. The number of carbonyl (C=O) groups excluding carboxylic acids is 1. The van der Waals surface area contributed by atoms with Gasteiger partial charge in [-0.05, 0) is 52.3 Å². The van der Waals surface area contributed by atoms with Crippen LogP contribution < -0.4 is 10.1 Å². The summed E-state index contributed by atoms with van der Waals surface area (Å²) in [4.78, 5) is 16.2. The van der Waals surface area contributed by atoms with Crippen LogP contribution in [0.25, 0.3) is 0 Å². The molecule has 0 saturated carbocycles. The monoisotopic (exact) mass is 440 g/mol. The first-order valence-electron chi connectivity index (χ1n) is 7.11. The maximum absolute atomic E-state index is 12.1. The van der Waals surface area contributed by atoms with Gasteiger partial charge in [-0.2, -0.15) is 0 Å². The van der Waals surface area contributed by atoms with E-state index in [0.29, 0.717) is 27.4 Å². The summed E-state index contributed by atoms with van der Waals surface area (Å²) in [5.74, 6) is 1.09. The number of halogens is 3. The van der Waals surface area contributed by atoms with Gasteiger partial charge in [-0.15, -0.1) is 0 Å². The number of anilines is 1. The molecule has 0 aliphatic rings. The molecule has 1 aromatic carbocycles. The molecule has 2 aromatic heterocycles. The summed E-state index contributed by atoms with van der Waals surface area (Å²) in [5.41, 5.74) is 0. The predicted molar refractivity (Wildman–Crippen MR) is 99.4 cm³/mol. The highest BCUT2D eigenvalue weighted by atomic mass is 79.9. The number of carbonyl (C=O) groups is 1. The van der Waals surface area contributed by atoms with Crippen LogP contribution in [-0.4, -0.2) is 10.9 Å². The van der Waals surface area contributed by atoms with E-state index in [2.05, 4.69) is 26.2 Å². The lowest BCUT2D eigenvalue weighted by atomic mass is 10.3. The molecule has 128 valence electrons. The number of hydrogen-bond donors (Lipinski definition) is 1. The Morgan fingerprint density at radius 3 is 2.80 bits per heavy atom. The Kier molecular flexibility index (Phi) is 5.63. The van der Waals surface area contributed by atoms with Gasteiger partial charge in [0.15, 0.2) is 5.76 Å². The molecule has 0 bridgehead atoms. The Hall–Kier alpha value is -2.02. The van der Waals surface area contributed by atoms with Crippen LogP contribution in [0.3, 0.4) is 0 Å². The molecule has 0 atom stereocenters. The quantitative estimate of drug-likeness (QED) is 0.561. The number of benzene rings is 1. The number of furan rings is 1. The van der Waals surface area contributed by atoms with Crippen LogP contribution in [0.1, 0.15) is 16.3 Å². The van der Waals surface area contributed by atoms with Gasteiger partial charge < -0.3 is 14.5 Å². The van der Waals surface area contributed by atoms with Gasteiger partial charge in [0.05, 0.1) is 5.02 Å². The second-order valence-corrected chi connectivity index (χ2v) is 6.70. The Morgan fingerprint density at radius 2 is 2.04 bits per heavy atom. The Morgan fingerprint density at radius 1 is 1.20 bits per heavy atom. The number of rotatable bonds is 5. The van der Waals surface area contributed by atoms with Crippen LogP contribution in [0.2, 0.25) is 10.0 Å². The lowest BCUT2D eigenvalue weighted by Crippen LogP contribution is -2.11. The zero-order chi connectivity index (χ0) is 17.8. The third-order valence-electron chi connectivity index (χ3n) is 3.12. The number of aromatic nitrogens is 1. The summed E-state index contributed by atoms with van der Waals surface area (Å²) >= 11 is 15.2. The van der Waals surface area contributed by atoms with Crippen molar-refractivity contribution in [2.45, 2.75) is 6.61 Å². The smallest absolute Gasteiger partial charge is 0.292 e. The highest BCUT2D eigenvalue weighted by Gasteiger charge is 2.13. The predicted octanol–water partition coefficient (Wildman–Crippen LogP) is 5.58. The van der Waals surface area contributed by atoms with E-state index >= 15 is 0 Å². The minimum Gasteiger partial charge on any atom is -0.484 e. The summed E-state index contributed by atoms with van der Waals surface area (Å²) in [6, 6.07) is 11.6. The molecule has 8 heteroatoms. The maximum atomic E-state index is 12.1. The third-order valence-corrected chi connectivity index (χ3v) is 4.13. The van der Waals surface area contributed by atoms with E-state index in [4.69, 9.17) is 32.4 Å². The molecular formula is C17H11BrCl2N2O3. The summed E-state index contributed by atoms with van der Waals surface area (Å²) in [6.45, 7) is 0.115. The highest BCUT2D eigenvalue weighted by Crippen LogP contribution is 2.28. The van der Waals surface area contributed by atoms with Crippen LogP contribution in [0.15, 0.2) is 57.6 Å². The molecule has 25 heavy (non-hydrogen) atoms. The Bertz CT molecular complexity index is 897. The Balaban J connectivity index is 1.62. The van der Waals surface area contributed by atoms with Crippen molar-refractivity contribution in [2.75, 3.05) is 5.32 Å². The van der Waals surface area contributed by atoms with Gasteiger partial charge in [-0.3, -0.25) is 4.79 Å². The molecule has 2 heterocycles. The number of pyridine rings is 1. The molecule has 0 aliphatic heterocycles. The van der Waals surface area contributed by atoms with Gasteiger partial charge in [-0.25, -0.2) is 4.98 Å². The highest BCUT2D eigenvalue weighted by molar-refractivity contribution is 9.10. The number of hydrogen-bond acceptors (Lipinski definition) is 4. The summed E-state index contributed by atoms with van der Waals surface area (Å²) in [6.07, 6.45) is 1.59. The minimum absolute atomic E-state index is 0.115. The van der Waals surface area contributed by atoms with Crippen molar-refractivity contribution < 1.29 is 13.9 Å². The fraction of sp³-hybridized carbons (Fsp3) is 0.0588. The molecule has 3 rings (SSSR count). The van der Waals surface area contributed by atoms with Gasteiger partial charge in [0, 0.05) is 21.8 Å². The van der Waals surface area contributed by atoms with Crippen molar-refractivity contribution >= 4 is 50.9 Å². The first kappa shape index (κ1) is 17.8. The third kappa shape index (κ3) is 4.75. The standard InChI is InChI=1S/C17H11BrCl2N2O3/c18-10-1-6-16(21-8-10)22-17(23)14-5-3-12(25-14)9-24-15-7-11(19)2-4-13(15)20/h1-8H,9H2,(H,21,22,23). The number of nitrogens with one attached hydrogen (secondary N) is 1. The lowest BCUT2D eigenvalue weighted by Gasteiger charge is -2.06. The second kappa shape index (κ2) is 7.91. The van der Waals surface area contributed by atoms with Crippen molar-refractivity contribution in [3.8, 4) is 5.75 Å². The normalized spacial score (nSPS) is 10.5. The molecule has 1 amide bonds. The lowest BCUT2D eigenvalue weighted by molar-refractivity contribution is 0.0992. The molecule has 0 spiro atoms. The van der Waals surface area contributed by atoms with Crippen LogP contribution in [0.5, 0.6) is 5.75 Å². The fourth-order valence-electron chi connectivity index (χ4n) is 1.94. The maximum Gasteiger partial charge on any atom is 0.292 e. The van der Waals surface area contributed by atoms with Gasteiger partial charge in [-0.1, -0.05) is 23.2 Å². The second-order valence-electron chi connectivity index (χ2n) is 4.95. The first-order chi connectivity index (χ1) is 12.0. The van der Waals surface area contributed by atoms with Crippen molar-refractivity contribution in [3.05, 3.63) is 74.7 Å².